The molecule has 13 heteroatoms. The lowest BCUT2D eigenvalue weighted by atomic mass is 9.74. The Kier molecular flexibility index (Phi) is 7.73. The maximum absolute atomic E-state index is 15.4. The Bertz CT molecular complexity index is 1410. The Morgan fingerprint density at radius 3 is 2.83 bits per heavy atom. The highest BCUT2D eigenvalue weighted by Gasteiger charge is 2.49. The maximum Gasteiger partial charge on any atom is 0.412 e. The average molecular weight is 599 g/mol. The first kappa shape index (κ1) is 28.3. The number of halogens is 2. The number of hydrogen-bond acceptors (Lipinski definition) is 7. The third-order valence-corrected chi connectivity index (χ3v) is 9.24. The highest BCUT2D eigenvalue weighted by Crippen LogP contribution is 2.45. The van der Waals surface area contributed by atoms with Gasteiger partial charge in [0.15, 0.2) is 11.4 Å². The Labute approximate surface area is 246 Å². The summed E-state index contributed by atoms with van der Waals surface area (Å²) in [6.07, 6.45) is 7.89. The molecule has 0 radical (unpaired) electrons. The summed E-state index contributed by atoms with van der Waals surface area (Å²) in [5.41, 5.74) is -0.392. The number of carbonyl (C=O) groups excluding carboxylic acids is 4. The molecule has 1 saturated carbocycles. The van der Waals surface area contributed by atoms with E-state index in [0.717, 1.165) is 6.42 Å². The minimum absolute atomic E-state index is 0.0541. The van der Waals surface area contributed by atoms with Crippen molar-refractivity contribution in [2.24, 2.45) is 11.8 Å². The zero-order valence-corrected chi connectivity index (χ0v) is 23.7. The van der Waals surface area contributed by atoms with Gasteiger partial charge < -0.3 is 20.3 Å². The first-order valence-corrected chi connectivity index (χ1v) is 14.7. The number of carbonyl (C=O) groups is 4. The molecule has 2 saturated heterocycles. The van der Waals surface area contributed by atoms with Gasteiger partial charge in [0, 0.05) is 43.7 Å². The number of fused-ring (bicyclic) bond motifs is 3. The lowest BCUT2D eigenvalue weighted by molar-refractivity contribution is -0.144. The molecule has 11 nitrogen and oxygen atoms in total. The molecule has 2 aromatic rings. The van der Waals surface area contributed by atoms with E-state index in [2.05, 4.69) is 25.9 Å². The van der Waals surface area contributed by atoms with Crippen LogP contribution in [0.15, 0.2) is 30.9 Å². The van der Waals surface area contributed by atoms with Crippen molar-refractivity contribution >= 4 is 41.1 Å². The van der Waals surface area contributed by atoms with Gasteiger partial charge in [0.1, 0.15) is 12.4 Å². The number of nitrogens with zero attached hydrogens (tertiary/aromatic N) is 3. The van der Waals surface area contributed by atoms with Gasteiger partial charge in [0.25, 0.3) is 0 Å². The van der Waals surface area contributed by atoms with Crippen LogP contribution >= 0.6 is 11.6 Å². The summed E-state index contributed by atoms with van der Waals surface area (Å²) < 4.78 is 21.1. The van der Waals surface area contributed by atoms with Crippen LogP contribution in [0.4, 0.5) is 14.9 Å². The second-order valence-corrected chi connectivity index (χ2v) is 12.1. The molecule has 4 aliphatic rings. The molecule has 0 bridgehead atoms. The number of rotatable bonds is 5. The van der Waals surface area contributed by atoms with E-state index in [-0.39, 0.29) is 64.8 Å². The predicted molar refractivity (Wildman–Crippen MR) is 149 cm³/mol. The zero-order valence-electron chi connectivity index (χ0n) is 22.9. The SMILES string of the molecule is O=C1CCC2CC(C(=O)NC(Cc3cncnc3)C(=O)N3CCC[C@@]4(C3)OC(=O)Nc3ccc(Cl)c(F)c34)CCC2N1. The van der Waals surface area contributed by atoms with Crippen LogP contribution in [0.25, 0.3) is 0 Å². The van der Waals surface area contributed by atoms with E-state index in [0.29, 0.717) is 50.6 Å². The maximum atomic E-state index is 15.4. The molecule has 222 valence electrons. The topological polar surface area (TPSA) is 143 Å². The molecule has 1 aromatic heterocycles. The van der Waals surface area contributed by atoms with Gasteiger partial charge in [-0.3, -0.25) is 19.7 Å². The summed E-state index contributed by atoms with van der Waals surface area (Å²) >= 11 is 6.10. The fraction of sp³-hybridized carbons (Fsp3) is 0.517. The van der Waals surface area contributed by atoms with Crippen molar-refractivity contribution in [1.82, 2.24) is 25.5 Å². The standard InChI is InChI=1S/C29H32ClFN6O5/c30-19-4-6-21-24(25(19)31)29(42-28(41)36-21)8-1-9-37(14-29)27(40)22(10-16-12-32-15-33-13-16)35-26(39)18-2-5-20-17(11-18)3-7-23(38)34-20/h4,6,12-13,15,17-18,20,22H,1-3,5,7-11,14H2,(H,34,38)(H,35,39)(H,36,41)/t17?,18?,20?,22?,29-/m0/s1. The van der Waals surface area contributed by atoms with Crippen molar-refractivity contribution in [3.8, 4) is 0 Å². The van der Waals surface area contributed by atoms with Crippen molar-refractivity contribution in [3.63, 3.8) is 0 Å². The molecule has 1 spiro atoms. The molecule has 3 N–H and O–H groups in total. The molecule has 4 unspecified atom stereocenters. The van der Waals surface area contributed by atoms with Crippen LogP contribution in [0.1, 0.15) is 56.1 Å². The van der Waals surface area contributed by atoms with E-state index in [9.17, 15) is 19.2 Å². The minimum atomic E-state index is -1.42. The Morgan fingerprint density at radius 2 is 2.02 bits per heavy atom. The number of hydrogen-bond donors (Lipinski definition) is 3. The number of amides is 4. The van der Waals surface area contributed by atoms with Gasteiger partial charge in [-0.25, -0.2) is 19.2 Å². The van der Waals surface area contributed by atoms with Crippen LogP contribution < -0.4 is 16.0 Å². The van der Waals surface area contributed by atoms with Gasteiger partial charge in [0.2, 0.25) is 17.7 Å². The summed E-state index contributed by atoms with van der Waals surface area (Å²) in [5, 5.41) is 8.44. The lowest BCUT2D eigenvalue weighted by Crippen LogP contribution is -2.58. The van der Waals surface area contributed by atoms with Crippen molar-refractivity contribution < 1.29 is 28.3 Å². The largest absolute Gasteiger partial charge is 0.436 e. The molecule has 1 aliphatic carbocycles. The first-order valence-electron chi connectivity index (χ1n) is 14.3. The van der Waals surface area contributed by atoms with Crippen LogP contribution in [0.3, 0.4) is 0 Å². The van der Waals surface area contributed by atoms with Gasteiger partial charge in [-0.2, -0.15) is 0 Å². The van der Waals surface area contributed by atoms with Crippen LogP contribution in [0.2, 0.25) is 5.02 Å². The number of ether oxygens (including phenoxy) is 1. The molecule has 4 amide bonds. The van der Waals surface area contributed by atoms with Crippen LogP contribution in [0.5, 0.6) is 0 Å². The quantitative estimate of drug-likeness (QED) is 0.480. The van der Waals surface area contributed by atoms with E-state index >= 15 is 4.39 Å². The number of piperidine rings is 2. The number of nitrogens with one attached hydrogen (secondary N) is 3. The third kappa shape index (κ3) is 5.51. The van der Waals surface area contributed by atoms with Crippen molar-refractivity contribution in [2.45, 2.75) is 69.1 Å². The van der Waals surface area contributed by atoms with E-state index in [1.54, 1.807) is 12.4 Å². The number of benzene rings is 1. The summed E-state index contributed by atoms with van der Waals surface area (Å²) in [4.78, 5) is 61.6. The van der Waals surface area contributed by atoms with E-state index in [4.69, 9.17) is 16.3 Å². The minimum Gasteiger partial charge on any atom is -0.436 e. The Hall–Kier alpha value is -3.80. The fourth-order valence-corrected chi connectivity index (χ4v) is 7.11. The fourth-order valence-electron chi connectivity index (χ4n) is 6.95. The van der Waals surface area contributed by atoms with Crippen LogP contribution in [-0.2, 0) is 31.1 Å². The van der Waals surface area contributed by atoms with Gasteiger partial charge in [-0.15, -0.1) is 0 Å². The number of aromatic nitrogens is 2. The molecule has 4 heterocycles. The second kappa shape index (κ2) is 11.5. The lowest BCUT2D eigenvalue weighted by Gasteiger charge is -2.45. The molecule has 1 aromatic carbocycles. The van der Waals surface area contributed by atoms with Gasteiger partial charge in [0.05, 0.1) is 22.8 Å². The summed E-state index contributed by atoms with van der Waals surface area (Å²) in [6, 6.07) is 2.03. The van der Waals surface area contributed by atoms with Crippen molar-refractivity contribution in [3.05, 3.63) is 52.8 Å². The highest BCUT2D eigenvalue weighted by molar-refractivity contribution is 6.31. The van der Waals surface area contributed by atoms with E-state index < -0.39 is 23.6 Å². The summed E-state index contributed by atoms with van der Waals surface area (Å²) in [7, 11) is 0. The summed E-state index contributed by atoms with van der Waals surface area (Å²) in [5.74, 6) is -1.30. The first-order chi connectivity index (χ1) is 20.2. The van der Waals surface area contributed by atoms with Crippen molar-refractivity contribution in [1.29, 1.82) is 0 Å². The van der Waals surface area contributed by atoms with E-state index in [1.165, 1.54) is 23.4 Å². The van der Waals surface area contributed by atoms with E-state index in [1.807, 2.05) is 0 Å². The van der Waals surface area contributed by atoms with Gasteiger partial charge in [-0.1, -0.05) is 11.6 Å². The molecule has 3 fully saturated rings. The smallest absolute Gasteiger partial charge is 0.412 e. The molecule has 3 aliphatic heterocycles. The number of anilines is 1. The number of likely N-dealkylation sites (tertiary alicyclic amines) is 1. The molecule has 5 atom stereocenters. The molecule has 6 rings (SSSR count). The third-order valence-electron chi connectivity index (χ3n) is 8.95. The van der Waals surface area contributed by atoms with Crippen molar-refractivity contribution in [2.75, 3.05) is 18.4 Å². The highest BCUT2D eigenvalue weighted by atomic mass is 35.5. The van der Waals surface area contributed by atoms with Gasteiger partial charge >= 0.3 is 6.09 Å². The summed E-state index contributed by atoms with van der Waals surface area (Å²) in [6.45, 7) is 0.252. The molecular formula is C29H32ClFN6O5. The molecular weight excluding hydrogens is 567 g/mol. The Morgan fingerprint density at radius 1 is 1.21 bits per heavy atom. The molecule has 42 heavy (non-hydrogen) atoms. The normalized spacial score (nSPS) is 27.6. The van der Waals surface area contributed by atoms with Crippen LogP contribution in [0, 0.1) is 17.7 Å². The average Bonchev–Trinajstić information content (AvgIpc) is 2.98. The van der Waals surface area contributed by atoms with Crippen LogP contribution in [-0.4, -0.2) is 63.9 Å². The predicted octanol–water partition coefficient (Wildman–Crippen LogP) is 3.07. The second-order valence-electron chi connectivity index (χ2n) is 11.7. The zero-order chi connectivity index (χ0) is 29.4. The monoisotopic (exact) mass is 598 g/mol. The van der Waals surface area contributed by atoms with Gasteiger partial charge in [-0.05, 0) is 62.1 Å². The Balaban J connectivity index is 1.23.